The van der Waals surface area contributed by atoms with Crippen LogP contribution in [0.15, 0.2) is 77.7 Å². The molecule has 42 heavy (non-hydrogen) atoms. The SMILES string of the molecule is CCN(CC)c1cccc(Oc2ccccc2NS(=O)(=O)c2ccc(C(=O)NCC(=O)NCC3CCNCC3)cc2)c1. The Morgan fingerprint density at radius 1 is 0.929 bits per heavy atom. The Hall–Kier alpha value is -4.09. The quantitative estimate of drug-likeness (QED) is 0.236. The minimum absolute atomic E-state index is 0.0166. The molecule has 0 spiro atoms. The van der Waals surface area contributed by atoms with Crippen LogP contribution in [0, 0.1) is 5.92 Å². The van der Waals surface area contributed by atoms with Crippen LogP contribution in [0.25, 0.3) is 0 Å². The van der Waals surface area contributed by atoms with Gasteiger partial charge in [0.05, 0.1) is 17.1 Å². The number of carbonyl (C=O) groups is 2. The highest BCUT2D eigenvalue weighted by molar-refractivity contribution is 7.92. The zero-order valence-corrected chi connectivity index (χ0v) is 24.9. The zero-order valence-electron chi connectivity index (χ0n) is 24.1. The van der Waals surface area contributed by atoms with Crippen LogP contribution >= 0.6 is 0 Å². The summed E-state index contributed by atoms with van der Waals surface area (Å²) in [7, 11) is -3.98. The third-order valence-electron chi connectivity index (χ3n) is 7.19. The van der Waals surface area contributed by atoms with Gasteiger partial charge >= 0.3 is 0 Å². The number of ether oxygens (including phenoxy) is 1. The fraction of sp³-hybridized carbons (Fsp3) is 0.355. The van der Waals surface area contributed by atoms with E-state index in [1.54, 1.807) is 24.3 Å². The first-order valence-corrected chi connectivity index (χ1v) is 15.8. The van der Waals surface area contributed by atoms with Crippen molar-refractivity contribution in [1.29, 1.82) is 0 Å². The number of anilines is 2. The predicted octanol–water partition coefficient (Wildman–Crippen LogP) is 3.97. The van der Waals surface area contributed by atoms with Crippen LogP contribution < -0.4 is 30.3 Å². The van der Waals surface area contributed by atoms with Gasteiger partial charge in [0, 0.05) is 37.0 Å². The van der Waals surface area contributed by atoms with E-state index in [2.05, 4.69) is 39.4 Å². The maximum Gasteiger partial charge on any atom is 0.262 e. The minimum Gasteiger partial charge on any atom is -0.455 e. The van der Waals surface area contributed by atoms with E-state index >= 15 is 0 Å². The molecule has 224 valence electrons. The second kappa shape index (κ2) is 14.7. The normalized spacial score (nSPS) is 13.7. The standard InChI is InChI=1S/C31H39N5O5S/c1-3-36(4-2)25-8-7-9-26(20-25)41-29-11-6-5-10-28(29)35-42(39,40)27-14-12-24(13-15-27)31(38)34-22-30(37)33-21-23-16-18-32-19-17-23/h5-15,20,23,32,35H,3-4,16-19,21-22H2,1-2H3,(H,33,37)(H,34,38). The van der Waals surface area contributed by atoms with E-state index in [0.717, 1.165) is 44.7 Å². The maximum absolute atomic E-state index is 13.2. The molecule has 1 aliphatic rings. The summed E-state index contributed by atoms with van der Waals surface area (Å²) in [6, 6.07) is 20.0. The van der Waals surface area contributed by atoms with Crippen LogP contribution in [0.5, 0.6) is 11.5 Å². The van der Waals surface area contributed by atoms with E-state index in [0.29, 0.717) is 24.0 Å². The van der Waals surface area contributed by atoms with Crippen molar-refractivity contribution >= 4 is 33.2 Å². The Morgan fingerprint density at radius 2 is 1.64 bits per heavy atom. The summed E-state index contributed by atoms with van der Waals surface area (Å²) in [5.74, 6) is 0.658. The van der Waals surface area contributed by atoms with Crippen LogP contribution in [-0.4, -0.2) is 59.5 Å². The summed E-state index contributed by atoms with van der Waals surface area (Å²) in [6.45, 7) is 8.20. The van der Waals surface area contributed by atoms with Gasteiger partial charge in [-0.25, -0.2) is 8.42 Å². The Bertz CT molecular complexity index is 1450. The Labute approximate surface area is 247 Å². The highest BCUT2D eigenvalue weighted by atomic mass is 32.2. The molecule has 3 aromatic carbocycles. The topological polar surface area (TPSA) is 129 Å². The molecule has 4 rings (SSSR count). The van der Waals surface area contributed by atoms with Crippen molar-refractivity contribution in [3.8, 4) is 11.5 Å². The van der Waals surface area contributed by atoms with Gasteiger partial charge in [0.2, 0.25) is 5.91 Å². The number of piperidine rings is 1. The number of carbonyl (C=O) groups excluding carboxylic acids is 2. The van der Waals surface area contributed by atoms with E-state index in [4.69, 9.17) is 4.74 Å². The van der Waals surface area contributed by atoms with Gasteiger partial charge in [-0.15, -0.1) is 0 Å². The third-order valence-corrected chi connectivity index (χ3v) is 8.57. The van der Waals surface area contributed by atoms with Crippen molar-refractivity contribution in [2.75, 3.05) is 48.9 Å². The molecule has 10 nitrogen and oxygen atoms in total. The lowest BCUT2D eigenvalue weighted by atomic mass is 9.98. The molecule has 1 heterocycles. The second-order valence-corrected chi connectivity index (χ2v) is 11.8. The molecule has 2 amide bonds. The smallest absolute Gasteiger partial charge is 0.262 e. The number of para-hydroxylation sites is 2. The Balaban J connectivity index is 1.36. The first-order valence-electron chi connectivity index (χ1n) is 14.3. The molecule has 4 N–H and O–H groups in total. The summed E-state index contributed by atoms with van der Waals surface area (Å²) >= 11 is 0. The molecule has 3 aromatic rings. The molecule has 0 atom stereocenters. The molecule has 1 aliphatic heterocycles. The van der Waals surface area contributed by atoms with Crippen LogP contribution in [0.3, 0.4) is 0 Å². The van der Waals surface area contributed by atoms with Crippen molar-refractivity contribution in [2.45, 2.75) is 31.6 Å². The van der Waals surface area contributed by atoms with E-state index in [1.165, 1.54) is 24.3 Å². The Morgan fingerprint density at radius 3 is 2.36 bits per heavy atom. The number of rotatable bonds is 13. The highest BCUT2D eigenvalue weighted by Gasteiger charge is 2.19. The van der Waals surface area contributed by atoms with E-state index < -0.39 is 15.9 Å². The summed E-state index contributed by atoms with van der Waals surface area (Å²) in [4.78, 5) is 26.9. The number of hydrogen-bond donors (Lipinski definition) is 4. The van der Waals surface area contributed by atoms with E-state index in [-0.39, 0.29) is 28.6 Å². The summed E-state index contributed by atoms with van der Waals surface area (Å²) in [5, 5.41) is 8.73. The Kier molecular flexibility index (Phi) is 10.8. The molecule has 0 saturated carbocycles. The van der Waals surface area contributed by atoms with Gasteiger partial charge in [0.1, 0.15) is 5.75 Å². The average Bonchev–Trinajstić information content (AvgIpc) is 3.01. The van der Waals surface area contributed by atoms with Crippen LogP contribution in [0.1, 0.15) is 37.0 Å². The molecule has 0 radical (unpaired) electrons. The van der Waals surface area contributed by atoms with E-state index in [9.17, 15) is 18.0 Å². The molecule has 0 aliphatic carbocycles. The van der Waals surface area contributed by atoms with E-state index in [1.807, 2.05) is 24.3 Å². The second-order valence-electron chi connectivity index (χ2n) is 10.1. The fourth-order valence-electron chi connectivity index (χ4n) is 4.76. The first-order chi connectivity index (χ1) is 20.3. The largest absolute Gasteiger partial charge is 0.455 e. The van der Waals surface area contributed by atoms with Gasteiger partial charge in [0.15, 0.2) is 5.75 Å². The maximum atomic E-state index is 13.2. The molecule has 0 bridgehead atoms. The number of sulfonamides is 1. The lowest BCUT2D eigenvalue weighted by Crippen LogP contribution is -2.40. The van der Waals surface area contributed by atoms with Crippen LogP contribution in [0.4, 0.5) is 11.4 Å². The number of benzene rings is 3. The van der Waals surface area contributed by atoms with Gasteiger partial charge in [-0.3, -0.25) is 14.3 Å². The monoisotopic (exact) mass is 593 g/mol. The van der Waals surface area contributed by atoms with Crippen molar-refractivity contribution in [3.63, 3.8) is 0 Å². The van der Waals surface area contributed by atoms with Crippen molar-refractivity contribution in [3.05, 3.63) is 78.4 Å². The number of nitrogens with one attached hydrogen (secondary N) is 4. The average molecular weight is 594 g/mol. The lowest BCUT2D eigenvalue weighted by molar-refractivity contribution is -0.120. The zero-order chi connectivity index (χ0) is 30.0. The number of amides is 2. The molecule has 1 fully saturated rings. The van der Waals surface area contributed by atoms with Crippen molar-refractivity contribution in [1.82, 2.24) is 16.0 Å². The first kappa shape index (κ1) is 30.9. The lowest BCUT2D eigenvalue weighted by Gasteiger charge is -2.22. The molecule has 1 saturated heterocycles. The molecule has 11 heteroatoms. The highest BCUT2D eigenvalue weighted by Crippen LogP contribution is 2.32. The number of hydrogen-bond acceptors (Lipinski definition) is 7. The minimum atomic E-state index is -3.98. The molecular weight excluding hydrogens is 554 g/mol. The molecule has 0 unspecified atom stereocenters. The predicted molar refractivity (Wildman–Crippen MR) is 165 cm³/mol. The molecular formula is C31H39N5O5S. The van der Waals surface area contributed by atoms with Gasteiger partial charge < -0.3 is 25.6 Å². The van der Waals surface area contributed by atoms with Crippen molar-refractivity contribution < 1.29 is 22.7 Å². The summed E-state index contributed by atoms with van der Waals surface area (Å²) < 4.78 is 35.1. The van der Waals surface area contributed by atoms with Gasteiger partial charge in [0.25, 0.3) is 15.9 Å². The number of nitrogens with zero attached hydrogens (tertiary/aromatic N) is 1. The van der Waals surface area contributed by atoms with Crippen LogP contribution in [-0.2, 0) is 14.8 Å². The van der Waals surface area contributed by atoms with Gasteiger partial charge in [-0.1, -0.05) is 18.2 Å². The van der Waals surface area contributed by atoms with Crippen molar-refractivity contribution in [2.24, 2.45) is 5.92 Å². The van der Waals surface area contributed by atoms with Crippen LogP contribution in [0.2, 0.25) is 0 Å². The third kappa shape index (κ3) is 8.46. The summed E-state index contributed by atoms with van der Waals surface area (Å²) in [5.41, 5.74) is 1.54. The molecule has 0 aromatic heterocycles. The van der Waals surface area contributed by atoms with Gasteiger partial charge in [-0.2, -0.15) is 0 Å². The van der Waals surface area contributed by atoms with Gasteiger partial charge in [-0.05, 0) is 94.2 Å². The fourth-order valence-corrected chi connectivity index (χ4v) is 5.83. The summed E-state index contributed by atoms with van der Waals surface area (Å²) in [6.07, 6.45) is 2.03.